The first kappa shape index (κ1) is 12.9. The number of halogens is 2. The number of rotatable bonds is 5. The molecule has 0 unspecified atom stereocenters. The number of aromatic nitrogens is 4. The van der Waals surface area contributed by atoms with E-state index < -0.39 is 0 Å². The van der Waals surface area contributed by atoms with Crippen LogP contribution in [0.5, 0.6) is 0 Å². The number of anilines is 1. The molecule has 1 aromatic heterocycles. The molecule has 18 heavy (non-hydrogen) atoms. The second kappa shape index (κ2) is 5.84. The minimum atomic E-state index is 0.424. The molecule has 0 amide bonds. The van der Waals surface area contributed by atoms with Crippen LogP contribution in [0.2, 0.25) is 10.0 Å². The smallest absolute Gasteiger partial charge is 0.263 e. The third-order valence-electron chi connectivity index (χ3n) is 2.23. The van der Waals surface area contributed by atoms with E-state index >= 15 is 0 Å². The molecule has 0 fully saturated rings. The summed E-state index contributed by atoms with van der Waals surface area (Å²) < 4.78 is 0. The molecule has 0 saturated carbocycles. The molecular formula is C11H11Cl2N5. The third kappa shape index (κ3) is 3.00. The van der Waals surface area contributed by atoms with Gasteiger partial charge in [-0.05, 0) is 17.3 Å². The maximum Gasteiger partial charge on any atom is 0.263 e. The number of nitrogens with one attached hydrogen (secondary N) is 1. The molecule has 0 spiro atoms. The minimum absolute atomic E-state index is 0.424. The summed E-state index contributed by atoms with van der Waals surface area (Å²) in [5.41, 5.74) is 0.806. The average Bonchev–Trinajstić information content (AvgIpc) is 2.77. The van der Waals surface area contributed by atoms with E-state index in [9.17, 15) is 0 Å². The maximum atomic E-state index is 6.05. The molecular weight excluding hydrogens is 273 g/mol. The van der Waals surface area contributed by atoms with Gasteiger partial charge in [0.15, 0.2) is 0 Å². The minimum Gasteiger partial charge on any atom is -0.347 e. The first-order chi connectivity index (χ1) is 8.70. The summed E-state index contributed by atoms with van der Waals surface area (Å²) >= 11 is 12.1. The number of nitrogens with zero attached hydrogens (tertiary/aromatic N) is 4. The molecule has 94 valence electrons. The monoisotopic (exact) mass is 283 g/mol. The highest BCUT2D eigenvalue weighted by atomic mass is 35.5. The molecule has 0 aliphatic rings. The van der Waals surface area contributed by atoms with Gasteiger partial charge in [0, 0.05) is 22.2 Å². The second-order valence-corrected chi connectivity index (χ2v) is 4.32. The van der Waals surface area contributed by atoms with Crippen LogP contribution in [0.4, 0.5) is 5.95 Å². The average molecular weight is 284 g/mol. The van der Waals surface area contributed by atoms with Crippen LogP contribution < -0.4 is 5.32 Å². The van der Waals surface area contributed by atoms with Gasteiger partial charge < -0.3 is 5.32 Å². The fraction of sp³-hybridized carbons (Fsp3) is 0.182. The van der Waals surface area contributed by atoms with Crippen molar-refractivity contribution in [1.29, 1.82) is 0 Å². The third-order valence-corrected chi connectivity index (χ3v) is 2.94. The lowest BCUT2D eigenvalue weighted by atomic mass is 10.2. The predicted octanol–water partition coefficient (Wildman–Crippen LogP) is 2.78. The van der Waals surface area contributed by atoms with Gasteiger partial charge in [-0.15, -0.1) is 11.7 Å². The van der Waals surface area contributed by atoms with Crippen LogP contribution >= 0.6 is 23.2 Å². The molecule has 0 aliphatic carbocycles. The van der Waals surface area contributed by atoms with Crippen LogP contribution in [-0.2, 0) is 13.1 Å². The van der Waals surface area contributed by atoms with Gasteiger partial charge >= 0.3 is 0 Å². The molecule has 2 rings (SSSR count). The molecule has 7 heteroatoms. The Labute approximate surface area is 114 Å². The summed E-state index contributed by atoms with van der Waals surface area (Å²) in [5.74, 6) is 0.424. The number of allylic oxidation sites excluding steroid dienone is 1. The molecule has 0 atom stereocenters. The van der Waals surface area contributed by atoms with E-state index in [1.54, 1.807) is 24.3 Å². The van der Waals surface area contributed by atoms with Crippen molar-refractivity contribution in [2.75, 3.05) is 5.32 Å². The Hall–Kier alpha value is -1.59. The van der Waals surface area contributed by atoms with Crippen LogP contribution in [0.3, 0.4) is 0 Å². The van der Waals surface area contributed by atoms with E-state index in [1.165, 1.54) is 4.80 Å². The maximum absolute atomic E-state index is 6.05. The first-order valence-electron chi connectivity index (χ1n) is 5.26. The fourth-order valence-electron chi connectivity index (χ4n) is 1.38. The quantitative estimate of drug-likeness (QED) is 0.858. The summed E-state index contributed by atoms with van der Waals surface area (Å²) in [6, 6.07) is 5.37. The molecule has 0 aliphatic heterocycles. The summed E-state index contributed by atoms with van der Waals surface area (Å²) in [5, 5.41) is 16.0. The summed E-state index contributed by atoms with van der Waals surface area (Å²) in [6.45, 7) is 4.56. The van der Waals surface area contributed by atoms with E-state index in [1.807, 2.05) is 0 Å². The largest absolute Gasteiger partial charge is 0.347 e. The molecule has 2 aromatic rings. The zero-order valence-corrected chi connectivity index (χ0v) is 11.0. The Bertz CT molecular complexity index is 532. The van der Waals surface area contributed by atoms with Crippen molar-refractivity contribution in [3.63, 3.8) is 0 Å². The van der Waals surface area contributed by atoms with Gasteiger partial charge in [-0.3, -0.25) is 0 Å². The lowest BCUT2D eigenvalue weighted by Gasteiger charge is -2.06. The van der Waals surface area contributed by atoms with Crippen LogP contribution in [0.1, 0.15) is 5.56 Å². The Balaban J connectivity index is 2.04. The fourth-order valence-corrected chi connectivity index (χ4v) is 1.91. The lowest BCUT2D eigenvalue weighted by molar-refractivity contribution is 0.583. The second-order valence-electron chi connectivity index (χ2n) is 3.51. The van der Waals surface area contributed by atoms with Gasteiger partial charge in [-0.1, -0.05) is 40.4 Å². The van der Waals surface area contributed by atoms with Crippen LogP contribution in [0, 0.1) is 0 Å². The Kier molecular flexibility index (Phi) is 4.17. The molecule has 1 heterocycles. The molecule has 0 bridgehead atoms. The van der Waals surface area contributed by atoms with Gasteiger partial charge in [0.2, 0.25) is 0 Å². The zero-order valence-electron chi connectivity index (χ0n) is 9.48. The molecule has 1 aromatic carbocycles. The van der Waals surface area contributed by atoms with E-state index in [2.05, 4.69) is 27.3 Å². The molecule has 5 nitrogen and oxygen atoms in total. The highest BCUT2D eigenvalue weighted by Gasteiger charge is 2.07. The summed E-state index contributed by atoms with van der Waals surface area (Å²) in [6.07, 6.45) is 1.69. The molecule has 1 N–H and O–H groups in total. The van der Waals surface area contributed by atoms with Gasteiger partial charge in [-0.25, -0.2) is 0 Å². The van der Waals surface area contributed by atoms with E-state index in [0.29, 0.717) is 29.1 Å². The van der Waals surface area contributed by atoms with Crippen molar-refractivity contribution in [3.05, 3.63) is 46.5 Å². The topological polar surface area (TPSA) is 55.6 Å². The van der Waals surface area contributed by atoms with Crippen molar-refractivity contribution in [3.8, 4) is 0 Å². The van der Waals surface area contributed by atoms with E-state index in [0.717, 1.165) is 5.56 Å². The Morgan fingerprint density at radius 1 is 1.33 bits per heavy atom. The highest BCUT2D eigenvalue weighted by Crippen LogP contribution is 2.24. The normalized spacial score (nSPS) is 10.3. The number of hydrogen-bond donors (Lipinski definition) is 1. The zero-order chi connectivity index (χ0) is 13.0. The molecule has 0 radical (unpaired) electrons. The van der Waals surface area contributed by atoms with Crippen LogP contribution in [-0.4, -0.2) is 20.2 Å². The molecule has 0 saturated heterocycles. The first-order valence-corrected chi connectivity index (χ1v) is 6.01. The van der Waals surface area contributed by atoms with Crippen molar-refractivity contribution < 1.29 is 0 Å². The van der Waals surface area contributed by atoms with Crippen LogP contribution in [0.25, 0.3) is 0 Å². The van der Waals surface area contributed by atoms with Gasteiger partial charge in [0.25, 0.3) is 5.95 Å². The van der Waals surface area contributed by atoms with Crippen molar-refractivity contribution in [2.45, 2.75) is 13.1 Å². The number of benzene rings is 1. The summed E-state index contributed by atoms with van der Waals surface area (Å²) in [4.78, 5) is 1.43. The number of hydrogen-bond acceptors (Lipinski definition) is 4. The highest BCUT2D eigenvalue weighted by molar-refractivity contribution is 6.36. The van der Waals surface area contributed by atoms with Crippen molar-refractivity contribution in [2.24, 2.45) is 0 Å². The Morgan fingerprint density at radius 2 is 2.06 bits per heavy atom. The predicted molar refractivity (Wildman–Crippen MR) is 71.8 cm³/mol. The van der Waals surface area contributed by atoms with Crippen LogP contribution in [0.15, 0.2) is 30.9 Å². The van der Waals surface area contributed by atoms with Gasteiger partial charge in [0.05, 0.1) is 6.54 Å². The lowest BCUT2D eigenvalue weighted by Crippen LogP contribution is -2.04. The van der Waals surface area contributed by atoms with E-state index in [-0.39, 0.29) is 0 Å². The SMILES string of the molecule is C=CCn1nnc(NCc2c(Cl)cccc2Cl)n1. The Morgan fingerprint density at radius 3 is 2.72 bits per heavy atom. The summed E-state index contributed by atoms with van der Waals surface area (Å²) in [7, 11) is 0. The van der Waals surface area contributed by atoms with Gasteiger partial charge in [-0.2, -0.15) is 4.80 Å². The van der Waals surface area contributed by atoms with E-state index in [4.69, 9.17) is 23.2 Å². The van der Waals surface area contributed by atoms with Crippen molar-refractivity contribution >= 4 is 29.2 Å². The van der Waals surface area contributed by atoms with Gasteiger partial charge in [0.1, 0.15) is 0 Å². The standard InChI is InChI=1S/C11H11Cl2N5/c1-2-6-18-16-11(15-17-18)14-7-8-9(12)4-3-5-10(8)13/h2-5H,1,6-7H2,(H,14,16). The van der Waals surface area contributed by atoms with Crippen molar-refractivity contribution in [1.82, 2.24) is 20.2 Å². The number of tetrazole rings is 1.